The van der Waals surface area contributed by atoms with Crippen LogP contribution in [0.4, 0.5) is 0 Å². The first-order chi connectivity index (χ1) is 10.3. The molecule has 4 heteroatoms. The molecule has 2 aliphatic rings. The average Bonchev–Trinajstić information content (AvgIpc) is 2.84. The highest BCUT2D eigenvalue weighted by molar-refractivity contribution is 5.85. The van der Waals surface area contributed by atoms with E-state index in [0.717, 1.165) is 31.2 Å². The first kappa shape index (κ1) is 17.3. The van der Waals surface area contributed by atoms with E-state index in [2.05, 4.69) is 29.7 Å². The minimum Gasteiger partial charge on any atom is -0.353 e. The third-order valence-corrected chi connectivity index (χ3v) is 4.92. The van der Waals surface area contributed by atoms with Crippen LogP contribution in [-0.2, 0) is 4.79 Å². The summed E-state index contributed by atoms with van der Waals surface area (Å²) < 4.78 is 0. The van der Waals surface area contributed by atoms with Gasteiger partial charge in [-0.15, -0.1) is 12.4 Å². The predicted molar refractivity (Wildman–Crippen MR) is 92.4 cm³/mol. The highest BCUT2D eigenvalue weighted by Crippen LogP contribution is 2.28. The molecule has 2 bridgehead atoms. The molecular weight excluding hydrogens is 296 g/mol. The van der Waals surface area contributed by atoms with E-state index in [1.54, 1.807) is 0 Å². The van der Waals surface area contributed by atoms with Crippen molar-refractivity contribution in [1.82, 2.24) is 10.6 Å². The second-order valence-corrected chi connectivity index (χ2v) is 6.57. The summed E-state index contributed by atoms with van der Waals surface area (Å²) in [5, 5.41) is 6.95. The molecule has 3 unspecified atom stereocenters. The molecule has 0 aromatic heterocycles. The monoisotopic (exact) mass is 322 g/mol. The van der Waals surface area contributed by atoms with Crippen LogP contribution in [0.5, 0.6) is 0 Å². The summed E-state index contributed by atoms with van der Waals surface area (Å²) in [5.74, 6) is 0.220. The molecule has 122 valence electrons. The summed E-state index contributed by atoms with van der Waals surface area (Å²) in [7, 11) is 0. The molecule has 2 fully saturated rings. The van der Waals surface area contributed by atoms with Crippen molar-refractivity contribution in [3.63, 3.8) is 0 Å². The second kappa shape index (κ2) is 7.98. The Hall–Kier alpha value is -1.06. The third kappa shape index (κ3) is 4.02. The number of hydrogen-bond acceptors (Lipinski definition) is 2. The van der Waals surface area contributed by atoms with Gasteiger partial charge in [-0.1, -0.05) is 43.7 Å². The maximum absolute atomic E-state index is 12.7. The number of hydrogen-bond donors (Lipinski definition) is 2. The number of halogens is 1. The van der Waals surface area contributed by atoms with Crippen molar-refractivity contribution in [3.8, 4) is 0 Å². The maximum Gasteiger partial charge on any atom is 0.227 e. The Morgan fingerprint density at radius 1 is 1.23 bits per heavy atom. The molecule has 0 spiro atoms. The predicted octanol–water partition coefficient (Wildman–Crippen LogP) is 3.39. The number of fused-ring (bicyclic) bond motifs is 2. The van der Waals surface area contributed by atoms with Crippen molar-refractivity contribution in [2.75, 3.05) is 0 Å². The minimum absolute atomic E-state index is 0. The summed E-state index contributed by atoms with van der Waals surface area (Å²) >= 11 is 0. The molecule has 2 N–H and O–H groups in total. The highest BCUT2D eigenvalue weighted by Gasteiger charge is 2.34. The Kier molecular flexibility index (Phi) is 6.27. The van der Waals surface area contributed by atoms with Gasteiger partial charge < -0.3 is 10.6 Å². The van der Waals surface area contributed by atoms with Gasteiger partial charge in [-0.05, 0) is 37.7 Å². The van der Waals surface area contributed by atoms with Crippen LogP contribution in [0.1, 0.15) is 56.9 Å². The standard InChI is InChI=1S/C18H26N2O.ClH/c1-2-6-17(13-7-4-3-5-8-13)18(21)20-16-11-14-9-10-15(12-16)19-14;/h3-5,7-8,14-17,19H,2,6,9-12H2,1H3,(H,20,21);1H. The first-order valence-electron chi connectivity index (χ1n) is 8.37. The third-order valence-electron chi connectivity index (χ3n) is 4.92. The van der Waals surface area contributed by atoms with E-state index in [-0.39, 0.29) is 24.2 Å². The van der Waals surface area contributed by atoms with Crippen LogP contribution in [0.2, 0.25) is 0 Å². The number of carbonyl (C=O) groups is 1. The summed E-state index contributed by atoms with van der Waals surface area (Å²) in [6.07, 6.45) is 6.69. The van der Waals surface area contributed by atoms with Crippen LogP contribution in [0.25, 0.3) is 0 Å². The SMILES string of the molecule is CCCC(C(=O)NC1CC2CCC(C1)N2)c1ccccc1.Cl. The molecule has 22 heavy (non-hydrogen) atoms. The van der Waals surface area contributed by atoms with E-state index in [1.807, 2.05) is 18.2 Å². The topological polar surface area (TPSA) is 41.1 Å². The van der Waals surface area contributed by atoms with Crippen LogP contribution < -0.4 is 10.6 Å². The molecule has 1 aromatic rings. The highest BCUT2D eigenvalue weighted by atomic mass is 35.5. The lowest BCUT2D eigenvalue weighted by atomic mass is 9.92. The fourth-order valence-electron chi connectivity index (χ4n) is 3.90. The molecule has 3 nitrogen and oxygen atoms in total. The Labute approximate surface area is 139 Å². The minimum atomic E-state index is 0. The molecule has 1 amide bonds. The van der Waals surface area contributed by atoms with Gasteiger partial charge in [0, 0.05) is 18.1 Å². The van der Waals surface area contributed by atoms with E-state index >= 15 is 0 Å². The molecule has 0 aliphatic carbocycles. The van der Waals surface area contributed by atoms with E-state index in [4.69, 9.17) is 0 Å². The van der Waals surface area contributed by atoms with E-state index in [0.29, 0.717) is 18.1 Å². The van der Waals surface area contributed by atoms with Gasteiger partial charge >= 0.3 is 0 Å². The second-order valence-electron chi connectivity index (χ2n) is 6.57. The van der Waals surface area contributed by atoms with Gasteiger partial charge in [-0.3, -0.25) is 4.79 Å². The Balaban J connectivity index is 0.00000176. The van der Waals surface area contributed by atoms with Crippen molar-refractivity contribution in [2.45, 2.75) is 69.5 Å². The van der Waals surface area contributed by atoms with Gasteiger partial charge in [-0.25, -0.2) is 0 Å². The van der Waals surface area contributed by atoms with Gasteiger partial charge in [0.15, 0.2) is 0 Å². The molecule has 3 atom stereocenters. The summed E-state index contributed by atoms with van der Waals surface area (Å²) in [6, 6.07) is 11.8. The van der Waals surface area contributed by atoms with Gasteiger partial charge in [0.1, 0.15) is 0 Å². The lowest BCUT2D eigenvalue weighted by Crippen LogP contribution is -2.49. The van der Waals surface area contributed by atoms with Crippen molar-refractivity contribution >= 4 is 18.3 Å². The average molecular weight is 323 g/mol. The molecule has 0 saturated carbocycles. The summed E-state index contributed by atoms with van der Waals surface area (Å²) in [5.41, 5.74) is 1.15. The molecule has 3 rings (SSSR count). The van der Waals surface area contributed by atoms with Crippen LogP contribution in [0, 0.1) is 0 Å². The molecular formula is C18H27ClN2O. The lowest BCUT2D eigenvalue weighted by molar-refractivity contribution is -0.123. The van der Waals surface area contributed by atoms with Crippen LogP contribution in [0.15, 0.2) is 30.3 Å². The van der Waals surface area contributed by atoms with Gasteiger partial charge in [-0.2, -0.15) is 0 Å². The fourth-order valence-corrected chi connectivity index (χ4v) is 3.90. The van der Waals surface area contributed by atoms with Crippen LogP contribution in [0.3, 0.4) is 0 Å². The molecule has 2 saturated heterocycles. The van der Waals surface area contributed by atoms with Gasteiger partial charge in [0.2, 0.25) is 5.91 Å². The van der Waals surface area contributed by atoms with Gasteiger partial charge in [0.05, 0.1) is 5.92 Å². The zero-order valence-electron chi connectivity index (χ0n) is 13.3. The van der Waals surface area contributed by atoms with Crippen molar-refractivity contribution in [2.24, 2.45) is 0 Å². The molecule has 2 aliphatic heterocycles. The summed E-state index contributed by atoms with van der Waals surface area (Å²) in [4.78, 5) is 12.7. The van der Waals surface area contributed by atoms with Crippen molar-refractivity contribution in [1.29, 1.82) is 0 Å². The smallest absolute Gasteiger partial charge is 0.227 e. The van der Waals surface area contributed by atoms with E-state index < -0.39 is 0 Å². The quantitative estimate of drug-likeness (QED) is 0.872. The lowest BCUT2D eigenvalue weighted by Gasteiger charge is -2.31. The van der Waals surface area contributed by atoms with Crippen molar-refractivity contribution in [3.05, 3.63) is 35.9 Å². The Morgan fingerprint density at radius 3 is 2.45 bits per heavy atom. The number of nitrogens with one attached hydrogen (secondary N) is 2. The van der Waals surface area contributed by atoms with Crippen molar-refractivity contribution < 1.29 is 4.79 Å². The fraction of sp³-hybridized carbons (Fsp3) is 0.611. The number of rotatable bonds is 5. The van der Waals surface area contributed by atoms with Crippen LogP contribution >= 0.6 is 12.4 Å². The Bertz CT molecular complexity index is 467. The Morgan fingerprint density at radius 2 is 1.86 bits per heavy atom. The largest absolute Gasteiger partial charge is 0.353 e. The summed E-state index contributed by atoms with van der Waals surface area (Å²) in [6.45, 7) is 2.15. The van der Waals surface area contributed by atoms with E-state index in [1.165, 1.54) is 12.8 Å². The molecule has 2 heterocycles. The molecule has 0 radical (unpaired) electrons. The number of benzene rings is 1. The zero-order valence-corrected chi connectivity index (χ0v) is 14.1. The van der Waals surface area contributed by atoms with Gasteiger partial charge in [0.25, 0.3) is 0 Å². The maximum atomic E-state index is 12.7. The number of carbonyl (C=O) groups excluding carboxylic acids is 1. The zero-order chi connectivity index (χ0) is 14.7. The van der Waals surface area contributed by atoms with Crippen LogP contribution in [-0.4, -0.2) is 24.0 Å². The van der Waals surface area contributed by atoms with E-state index in [9.17, 15) is 4.79 Å². The number of piperidine rings is 1. The number of amides is 1. The molecule has 1 aromatic carbocycles. The normalized spacial score (nSPS) is 27.8. The first-order valence-corrected chi connectivity index (χ1v) is 8.37.